The maximum Gasteiger partial charge on any atom is 0.302 e. The molecule has 1 aliphatic heterocycles. The molecule has 6 heteroatoms. The Morgan fingerprint density at radius 3 is 2.40 bits per heavy atom. The van der Waals surface area contributed by atoms with Gasteiger partial charge in [-0.15, -0.1) is 0 Å². The van der Waals surface area contributed by atoms with Crippen molar-refractivity contribution in [2.24, 2.45) is 0 Å². The Hall–Kier alpha value is -1.58. The van der Waals surface area contributed by atoms with Crippen LogP contribution in [0.25, 0.3) is 0 Å². The lowest BCUT2D eigenvalue weighted by Crippen LogP contribution is -2.30. The molecular formula is C14H17N3O2S. The highest BCUT2D eigenvalue weighted by Crippen LogP contribution is 2.47. The molecule has 1 spiro atoms. The first kappa shape index (κ1) is 13.4. The number of benzene rings is 1. The van der Waals surface area contributed by atoms with Gasteiger partial charge in [-0.05, 0) is 37.1 Å². The van der Waals surface area contributed by atoms with Crippen LogP contribution in [0.1, 0.15) is 37.7 Å². The van der Waals surface area contributed by atoms with Gasteiger partial charge in [-0.1, -0.05) is 19.3 Å². The van der Waals surface area contributed by atoms with Crippen molar-refractivity contribution in [1.29, 1.82) is 5.26 Å². The van der Waals surface area contributed by atoms with E-state index in [4.69, 9.17) is 5.26 Å². The Balaban J connectivity index is 1.72. The molecule has 1 saturated carbocycles. The number of nitrogens with one attached hydrogen (secondary N) is 1. The molecule has 20 heavy (non-hydrogen) atoms. The molecule has 5 nitrogen and oxygen atoms in total. The van der Waals surface area contributed by atoms with Crippen molar-refractivity contribution in [2.75, 3.05) is 11.3 Å². The summed E-state index contributed by atoms with van der Waals surface area (Å²) in [5, 5.41) is 8.73. The molecule has 2 fully saturated rings. The van der Waals surface area contributed by atoms with Gasteiger partial charge in [-0.2, -0.15) is 18.0 Å². The summed E-state index contributed by atoms with van der Waals surface area (Å²) in [6, 6.07) is 8.46. The normalized spacial score (nSPS) is 24.1. The number of anilines is 1. The zero-order chi connectivity index (χ0) is 14.2. The topological polar surface area (TPSA) is 73.0 Å². The largest absolute Gasteiger partial charge is 0.302 e. The third-order valence-corrected chi connectivity index (χ3v) is 5.79. The fourth-order valence-electron chi connectivity index (χ4n) is 3.01. The highest BCUT2D eigenvalue weighted by Gasteiger charge is 2.58. The Bertz CT molecular complexity index is 640. The first-order chi connectivity index (χ1) is 9.56. The van der Waals surface area contributed by atoms with E-state index in [1.54, 1.807) is 28.6 Å². The van der Waals surface area contributed by atoms with Crippen LogP contribution >= 0.6 is 0 Å². The van der Waals surface area contributed by atoms with Gasteiger partial charge < -0.3 is 0 Å². The van der Waals surface area contributed by atoms with Crippen LogP contribution in [0, 0.1) is 11.3 Å². The molecule has 3 rings (SSSR count). The summed E-state index contributed by atoms with van der Waals surface area (Å²) in [7, 11) is -3.47. The van der Waals surface area contributed by atoms with Gasteiger partial charge in [0, 0.05) is 12.2 Å². The Morgan fingerprint density at radius 1 is 1.15 bits per heavy atom. The summed E-state index contributed by atoms with van der Waals surface area (Å²) in [5.41, 5.74) is 0.904. The minimum Gasteiger partial charge on any atom is -0.271 e. The molecule has 0 radical (unpaired) electrons. The number of rotatable bonds is 3. The number of hydrogen-bond donors (Lipinski definition) is 1. The van der Waals surface area contributed by atoms with Gasteiger partial charge in [-0.3, -0.25) is 4.72 Å². The average Bonchev–Trinajstić information content (AvgIpc) is 3.15. The zero-order valence-corrected chi connectivity index (χ0v) is 12.0. The maximum atomic E-state index is 12.3. The fourth-order valence-corrected chi connectivity index (χ4v) is 4.65. The SMILES string of the molecule is N#Cc1ccc(NS(=O)(=O)N2CC23CCCCC3)cc1. The van der Waals surface area contributed by atoms with Gasteiger partial charge in [0.1, 0.15) is 0 Å². The van der Waals surface area contributed by atoms with E-state index in [9.17, 15) is 8.42 Å². The van der Waals surface area contributed by atoms with Crippen LogP contribution in [0.3, 0.4) is 0 Å². The summed E-state index contributed by atoms with van der Waals surface area (Å²) < 4.78 is 28.9. The van der Waals surface area contributed by atoms with Crippen LogP contribution in [0.4, 0.5) is 5.69 Å². The van der Waals surface area contributed by atoms with E-state index in [1.807, 2.05) is 6.07 Å². The number of nitrogens with zero attached hydrogens (tertiary/aromatic N) is 2. The molecule has 1 saturated heterocycles. The van der Waals surface area contributed by atoms with Crippen molar-refractivity contribution < 1.29 is 8.42 Å². The molecule has 1 aromatic rings. The zero-order valence-electron chi connectivity index (χ0n) is 11.2. The van der Waals surface area contributed by atoms with Gasteiger partial charge >= 0.3 is 10.2 Å². The molecule has 1 N–H and O–H groups in total. The highest BCUT2D eigenvalue weighted by atomic mass is 32.2. The van der Waals surface area contributed by atoms with Crippen LogP contribution in [0.15, 0.2) is 24.3 Å². The quantitative estimate of drug-likeness (QED) is 0.868. The Labute approximate surface area is 119 Å². The lowest BCUT2D eigenvalue weighted by atomic mass is 9.89. The molecule has 1 atom stereocenters. The van der Waals surface area contributed by atoms with E-state index >= 15 is 0 Å². The lowest BCUT2D eigenvalue weighted by molar-refractivity contribution is 0.367. The third kappa shape index (κ3) is 2.39. The molecule has 0 aromatic heterocycles. The molecule has 106 valence electrons. The van der Waals surface area contributed by atoms with Gasteiger partial charge in [-0.25, -0.2) is 0 Å². The predicted octanol–water partition coefficient (Wildman–Crippen LogP) is 2.23. The number of nitriles is 1. The van der Waals surface area contributed by atoms with E-state index < -0.39 is 10.2 Å². The molecule has 1 aromatic carbocycles. The van der Waals surface area contributed by atoms with Crippen molar-refractivity contribution in [2.45, 2.75) is 37.6 Å². The van der Waals surface area contributed by atoms with E-state index in [-0.39, 0.29) is 5.54 Å². The average molecular weight is 291 g/mol. The molecule has 0 bridgehead atoms. The summed E-state index contributed by atoms with van der Waals surface area (Å²) in [6.45, 7) is 0.638. The predicted molar refractivity (Wildman–Crippen MR) is 76.2 cm³/mol. The molecule has 2 aliphatic rings. The van der Waals surface area contributed by atoms with Crippen LogP contribution in [-0.4, -0.2) is 24.8 Å². The summed E-state index contributed by atoms with van der Waals surface area (Å²) in [5.74, 6) is 0. The van der Waals surface area contributed by atoms with Crippen molar-refractivity contribution >= 4 is 15.9 Å². The van der Waals surface area contributed by atoms with E-state index in [1.165, 1.54) is 6.42 Å². The fraction of sp³-hybridized carbons (Fsp3) is 0.500. The third-order valence-electron chi connectivity index (χ3n) is 4.20. The molecular weight excluding hydrogens is 274 g/mol. The first-order valence-corrected chi connectivity index (χ1v) is 8.31. The van der Waals surface area contributed by atoms with Crippen molar-refractivity contribution in [3.8, 4) is 6.07 Å². The first-order valence-electron chi connectivity index (χ1n) is 6.87. The minimum atomic E-state index is -3.47. The van der Waals surface area contributed by atoms with Crippen molar-refractivity contribution in [1.82, 2.24) is 4.31 Å². The second kappa shape index (κ2) is 4.76. The maximum absolute atomic E-state index is 12.3. The van der Waals surface area contributed by atoms with Crippen LogP contribution in [0.2, 0.25) is 0 Å². The highest BCUT2D eigenvalue weighted by molar-refractivity contribution is 7.90. The summed E-state index contributed by atoms with van der Waals surface area (Å²) in [6.07, 6.45) is 5.38. The van der Waals surface area contributed by atoms with E-state index in [0.29, 0.717) is 17.8 Å². The molecule has 0 amide bonds. The molecule has 1 aliphatic carbocycles. The van der Waals surface area contributed by atoms with Gasteiger partial charge in [0.25, 0.3) is 0 Å². The van der Waals surface area contributed by atoms with Crippen molar-refractivity contribution in [3.63, 3.8) is 0 Å². The monoisotopic (exact) mass is 291 g/mol. The summed E-state index contributed by atoms with van der Waals surface area (Å²) in [4.78, 5) is 0. The van der Waals surface area contributed by atoms with Gasteiger partial charge in [0.2, 0.25) is 0 Å². The van der Waals surface area contributed by atoms with Gasteiger partial charge in [0.05, 0.1) is 17.2 Å². The van der Waals surface area contributed by atoms with Crippen molar-refractivity contribution in [3.05, 3.63) is 29.8 Å². The number of hydrogen-bond acceptors (Lipinski definition) is 3. The van der Waals surface area contributed by atoms with Crippen LogP contribution < -0.4 is 4.72 Å². The Kier molecular flexibility index (Phi) is 3.19. The van der Waals surface area contributed by atoms with Crippen LogP contribution in [0.5, 0.6) is 0 Å². The smallest absolute Gasteiger partial charge is 0.271 e. The molecule has 1 unspecified atom stereocenters. The second-order valence-electron chi connectivity index (χ2n) is 5.59. The molecule has 1 heterocycles. The van der Waals surface area contributed by atoms with Crippen LogP contribution in [-0.2, 0) is 10.2 Å². The van der Waals surface area contributed by atoms with E-state index in [0.717, 1.165) is 25.7 Å². The second-order valence-corrected chi connectivity index (χ2v) is 7.18. The van der Waals surface area contributed by atoms with E-state index in [2.05, 4.69) is 4.72 Å². The Morgan fingerprint density at radius 2 is 1.80 bits per heavy atom. The standard InChI is InChI=1S/C14H17N3O2S/c15-10-12-4-6-13(7-5-12)16-20(18,19)17-11-14(17)8-2-1-3-9-14/h4-7,16H,1-3,8-9,11H2. The summed E-state index contributed by atoms with van der Waals surface area (Å²) >= 11 is 0. The van der Waals surface area contributed by atoms with Gasteiger partial charge in [0.15, 0.2) is 0 Å². The minimum absolute atomic E-state index is 0.114. The lowest BCUT2D eigenvalue weighted by Gasteiger charge is -2.22.